The van der Waals surface area contributed by atoms with Gasteiger partial charge in [-0.2, -0.15) is 0 Å². The molecule has 5 aromatic rings. The Labute approximate surface area is 249 Å². The van der Waals surface area contributed by atoms with Gasteiger partial charge in [-0.05, 0) is 30.9 Å². The van der Waals surface area contributed by atoms with Crippen LogP contribution in [-0.2, 0) is 0 Å². The first-order valence-corrected chi connectivity index (χ1v) is 15.1. The van der Waals surface area contributed by atoms with Crippen LogP contribution in [0, 0.1) is 6.92 Å². The van der Waals surface area contributed by atoms with E-state index in [0.717, 1.165) is 34.5 Å². The van der Waals surface area contributed by atoms with Gasteiger partial charge >= 0.3 is 0 Å². The van der Waals surface area contributed by atoms with Gasteiger partial charge in [-0.15, -0.1) is 11.3 Å². The minimum absolute atomic E-state index is 0.0489. The second-order valence-electron chi connectivity index (χ2n) is 10.5. The summed E-state index contributed by atoms with van der Waals surface area (Å²) in [5, 5.41) is 10.1. The lowest BCUT2D eigenvalue weighted by molar-refractivity contribution is 0.0711. The van der Waals surface area contributed by atoms with Gasteiger partial charge in [0.05, 0.1) is 5.01 Å². The summed E-state index contributed by atoms with van der Waals surface area (Å²) >= 11 is 1.52. The number of carbonyl (C=O) groups excluding carboxylic acids is 2. The molecule has 7 nitrogen and oxygen atoms in total. The third kappa shape index (κ3) is 5.90. The Kier molecular flexibility index (Phi) is 8.23. The fourth-order valence-electron chi connectivity index (χ4n) is 5.57. The molecule has 3 aromatic carbocycles. The number of amides is 2. The Morgan fingerprint density at radius 3 is 2.14 bits per heavy atom. The highest BCUT2D eigenvalue weighted by Gasteiger charge is 2.31. The summed E-state index contributed by atoms with van der Waals surface area (Å²) in [7, 11) is 0. The van der Waals surface area contributed by atoms with Crippen molar-refractivity contribution in [3.63, 3.8) is 0 Å². The number of hydrogen-bond donors (Lipinski definition) is 1. The first-order chi connectivity index (χ1) is 20.6. The predicted octanol–water partition coefficient (Wildman–Crippen LogP) is 6.69. The molecule has 0 unspecified atom stereocenters. The molecule has 2 amide bonds. The lowest BCUT2D eigenvalue weighted by Crippen LogP contribution is -2.38. The van der Waals surface area contributed by atoms with Gasteiger partial charge in [0, 0.05) is 42.4 Å². The smallest absolute Gasteiger partial charge is 0.270 e. The summed E-state index contributed by atoms with van der Waals surface area (Å²) in [6.07, 6.45) is 1.57. The lowest BCUT2D eigenvalue weighted by Gasteiger charge is -2.31. The Morgan fingerprint density at radius 1 is 0.929 bits per heavy atom. The van der Waals surface area contributed by atoms with Crippen molar-refractivity contribution < 1.29 is 14.1 Å². The number of aryl methyl sites for hydroxylation is 1. The number of nitrogens with one attached hydrogen (secondary N) is 1. The highest BCUT2D eigenvalue weighted by atomic mass is 32.1. The quantitative estimate of drug-likeness (QED) is 0.222. The van der Waals surface area contributed by atoms with E-state index in [9.17, 15) is 9.59 Å². The third-order valence-electron chi connectivity index (χ3n) is 7.88. The van der Waals surface area contributed by atoms with Crippen molar-refractivity contribution in [1.82, 2.24) is 20.4 Å². The summed E-state index contributed by atoms with van der Waals surface area (Å²) in [6.45, 7) is 3.48. The molecular formula is C34H32N4O3S. The normalized spacial score (nSPS) is 13.8. The van der Waals surface area contributed by atoms with Crippen molar-refractivity contribution in [3.8, 4) is 11.3 Å². The van der Waals surface area contributed by atoms with Crippen LogP contribution >= 0.6 is 11.3 Å². The fourth-order valence-corrected chi connectivity index (χ4v) is 6.54. The SMILES string of the molecule is Cc1onc(-c2ccccc2)c1C(=O)N1CCC(c2nc(C(=O)NCC(c3ccccc3)c3ccccc3)cs2)CC1. The molecule has 3 heterocycles. The average Bonchev–Trinajstić information content (AvgIpc) is 3.70. The zero-order valence-corrected chi connectivity index (χ0v) is 24.2. The largest absolute Gasteiger partial charge is 0.360 e. The molecule has 1 saturated heterocycles. The van der Waals surface area contributed by atoms with Gasteiger partial charge < -0.3 is 14.7 Å². The Bertz CT molecular complexity index is 1600. The number of rotatable bonds is 8. The maximum absolute atomic E-state index is 13.5. The van der Waals surface area contributed by atoms with Crippen LogP contribution in [0.4, 0.5) is 0 Å². The van der Waals surface area contributed by atoms with Gasteiger partial charge in [-0.1, -0.05) is 96.2 Å². The number of hydrogen-bond acceptors (Lipinski definition) is 6. The van der Waals surface area contributed by atoms with Crippen LogP contribution in [0.5, 0.6) is 0 Å². The van der Waals surface area contributed by atoms with Gasteiger partial charge in [0.1, 0.15) is 22.7 Å². The summed E-state index contributed by atoms with van der Waals surface area (Å²) in [5.74, 6) is 0.556. The molecule has 212 valence electrons. The molecule has 6 rings (SSSR count). The maximum Gasteiger partial charge on any atom is 0.270 e. The molecule has 1 aliphatic rings. The van der Waals surface area contributed by atoms with E-state index >= 15 is 0 Å². The molecule has 2 aromatic heterocycles. The van der Waals surface area contributed by atoms with E-state index in [1.54, 1.807) is 6.92 Å². The van der Waals surface area contributed by atoms with Crippen LogP contribution in [-0.4, -0.2) is 46.5 Å². The van der Waals surface area contributed by atoms with Gasteiger partial charge in [-0.3, -0.25) is 9.59 Å². The van der Waals surface area contributed by atoms with Crippen molar-refractivity contribution in [2.75, 3.05) is 19.6 Å². The topological polar surface area (TPSA) is 88.3 Å². The van der Waals surface area contributed by atoms with Crippen LogP contribution < -0.4 is 5.32 Å². The van der Waals surface area contributed by atoms with Gasteiger partial charge in [0.2, 0.25) is 0 Å². The molecule has 1 aliphatic heterocycles. The standard InChI is InChI=1S/C34H32N4O3S/c1-23-30(31(37-41-23)26-15-9-4-10-16-26)34(40)38-19-17-27(18-20-38)33-36-29(22-42-33)32(39)35-21-28(24-11-5-2-6-12-24)25-13-7-3-8-14-25/h2-16,22,27-28H,17-21H2,1H3,(H,35,39). The molecule has 42 heavy (non-hydrogen) atoms. The summed E-state index contributed by atoms with van der Waals surface area (Å²) < 4.78 is 5.42. The molecule has 1 fully saturated rings. The number of aromatic nitrogens is 2. The minimum atomic E-state index is -0.168. The van der Waals surface area contributed by atoms with E-state index in [2.05, 4.69) is 34.7 Å². The Balaban J connectivity index is 1.08. The van der Waals surface area contributed by atoms with Crippen molar-refractivity contribution in [2.24, 2.45) is 0 Å². The highest BCUT2D eigenvalue weighted by Crippen LogP contribution is 2.33. The average molecular weight is 577 g/mol. The third-order valence-corrected chi connectivity index (χ3v) is 8.89. The summed E-state index contributed by atoms with van der Waals surface area (Å²) in [4.78, 5) is 33.2. The number of thiazole rings is 1. The molecule has 0 aliphatic carbocycles. The molecule has 8 heteroatoms. The molecule has 1 N–H and O–H groups in total. The number of benzene rings is 3. The molecule has 0 atom stereocenters. The van der Waals surface area contributed by atoms with Crippen molar-refractivity contribution >= 4 is 23.2 Å². The molecule has 0 radical (unpaired) electrons. The highest BCUT2D eigenvalue weighted by molar-refractivity contribution is 7.09. The van der Waals surface area contributed by atoms with E-state index in [4.69, 9.17) is 9.51 Å². The molecule has 0 bridgehead atoms. The second kappa shape index (κ2) is 12.5. The van der Waals surface area contributed by atoms with E-state index in [0.29, 0.717) is 42.3 Å². The van der Waals surface area contributed by atoms with Crippen LogP contribution in [0.1, 0.15) is 67.4 Å². The Hall–Kier alpha value is -4.56. The zero-order chi connectivity index (χ0) is 28.9. The molecule has 0 saturated carbocycles. The van der Waals surface area contributed by atoms with Gasteiger partial charge in [-0.25, -0.2) is 4.98 Å². The maximum atomic E-state index is 13.5. The molecular weight excluding hydrogens is 544 g/mol. The predicted molar refractivity (Wildman–Crippen MR) is 164 cm³/mol. The molecule has 0 spiro atoms. The zero-order valence-electron chi connectivity index (χ0n) is 23.4. The van der Waals surface area contributed by atoms with Crippen LogP contribution in [0.3, 0.4) is 0 Å². The van der Waals surface area contributed by atoms with Gasteiger partial charge in [0.25, 0.3) is 11.8 Å². The summed E-state index contributed by atoms with van der Waals surface area (Å²) in [6, 6.07) is 30.1. The minimum Gasteiger partial charge on any atom is -0.360 e. The first-order valence-electron chi connectivity index (χ1n) is 14.2. The van der Waals surface area contributed by atoms with E-state index in [1.165, 1.54) is 11.3 Å². The van der Waals surface area contributed by atoms with E-state index < -0.39 is 0 Å². The van der Waals surface area contributed by atoms with Crippen LogP contribution in [0.2, 0.25) is 0 Å². The van der Waals surface area contributed by atoms with E-state index in [1.807, 2.05) is 77.0 Å². The first kappa shape index (κ1) is 27.6. The number of carbonyl (C=O) groups is 2. The number of likely N-dealkylation sites (tertiary alicyclic amines) is 1. The monoisotopic (exact) mass is 576 g/mol. The summed E-state index contributed by atoms with van der Waals surface area (Å²) in [5.41, 5.74) is 4.72. The van der Waals surface area contributed by atoms with Crippen molar-refractivity contribution in [1.29, 1.82) is 0 Å². The Morgan fingerprint density at radius 2 is 1.52 bits per heavy atom. The fraction of sp³-hybridized carbons (Fsp3) is 0.235. The number of piperidine rings is 1. The number of nitrogens with zero attached hydrogens (tertiary/aromatic N) is 3. The van der Waals surface area contributed by atoms with Crippen LogP contribution in [0.15, 0.2) is 101 Å². The van der Waals surface area contributed by atoms with Crippen molar-refractivity contribution in [2.45, 2.75) is 31.6 Å². The van der Waals surface area contributed by atoms with Crippen LogP contribution in [0.25, 0.3) is 11.3 Å². The van der Waals surface area contributed by atoms with Gasteiger partial charge in [0.15, 0.2) is 0 Å². The van der Waals surface area contributed by atoms with Crippen molar-refractivity contribution in [3.05, 3.63) is 130 Å². The lowest BCUT2D eigenvalue weighted by atomic mass is 9.91. The van der Waals surface area contributed by atoms with E-state index in [-0.39, 0.29) is 23.7 Å². The second-order valence-corrected chi connectivity index (χ2v) is 11.4.